The molecule has 3 heterocycles. The highest BCUT2D eigenvalue weighted by Gasteiger charge is 2.48. The van der Waals surface area contributed by atoms with Gasteiger partial charge in [0.15, 0.2) is 0 Å². The number of hydrogen-bond acceptors (Lipinski definition) is 5. The van der Waals surface area contributed by atoms with Crippen LogP contribution in [-0.2, 0) is 10.2 Å². The van der Waals surface area contributed by atoms with E-state index in [-0.39, 0.29) is 11.0 Å². The summed E-state index contributed by atoms with van der Waals surface area (Å²) in [6.07, 6.45) is 13.3. The fourth-order valence-corrected chi connectivity index (χ4v) is 5.13. The summed E-state index contributed by atoms with van der Waals surface area (Å²) in [6, 6.07) is 6.61. The highest BCUT2D eigenvalue weighted by molar-refractivity contribution is 5.69. The van der Waals surface area contributed by atoms with E-state index in [0.29, 0.717) is 6.04 Å². The standard InChI is InChI=1S/C21H30N4O/c22-11-6-17-18(7-13-23-17)25-16-20(19-5-1-4-12-24-19)10-14-26-21(15-20)8-2-3-9-21/h1,4-6,11-12,18,22-23,25H,2-3,7-10,13-16H2/b17-6-,22-11?/t18-,20?/m0/s1. The van der Waals surface area contributed by atoms with Crippen LogP contribution in [0.25, 0.3) is 0 Å². The minimum Gasteiger partial charge on any atom is -0.387 e. The summed E-state index contributed by atoms with van der Waals surface area (Å²) in [7, 11) is 0. The first kappa shape index (κ1) is 17.7. The van der Waals surface area contributed by atoms with Gasteiger partial charge >= 0.3 is 0 Å². The molecule has 2 atom stereocenters. The number of aromatic nitrogens is 1. The van der Waals surface area contributed by atoms with Crippen LogP contribution in [0.5, 0.6) is 0 Å². The van der Waals surface area contributed by atoms with Crippen molar-refractivity contribution in [1.29, 1.82) is 5.41 Å². The lowest BCUT2D eigenvalue weighted by Crippen LogP contribution is -2.52. The Balaban J connectivity index is 1.57. The summed E-state index contributed by atoms with van der Waals surface area (Å²) in [6.45, 7) is 2.71. The van der Waals surface area contributed by atoms with Crippen LogP contribution in [0, 0.1) is 5.41 Å². The minimum atomic E-state index is 0.0300. The molecule has 2 saturated heterocycles. The van der Waals surface area contributed by atoms with E-state index in [2.05, 4.69) is 22.8 Å². The van der Waals surface area contributed by atoms with Crippen molar-refractivity contribution in [1.82, 2.24) is 15.6 Å². The molecule has 140 valence electrons. The lowest BCUT2D eigenvalue weighted by molar-refractivity contribution is -0.102. The maximum Gasteiger partial charge on any atom is 0.0692 e. The molecule has 1 aliphatic carbocycles. The van der Waals surface area contributed by atoms with Crippen molar-refractivity contribution >= 4 is 6.21 Å². The summed E-state index contributed by atoms with van der Waals surface area (Å²) >= 11 is 0. The van der Waals surface area contributed by atoms with Crippen molar-refractivity contribution in [3.05, 3.63) is 41.9 Å². The predicted molar refractivity (Wildman–Crippen MR) is 104 cm³/mol. The summed E-state index contributed by atoms with van der Waals surface area (Å²) in [5.74, 6) is 0. The fourth-order valence-electron chi connectivity index (χ4n) is 5.13. The first-order valence-electron chi connectivity index (χ1n) is 9.99. The van der Waals surface area contributed by atoms with Crippen LogP contribution in [0.3, 0.4) is 0 Å². The number of ether oxygens (including phenoxy) is 1. The molecule has 3 N–H and O–H groups in total. The normalized spacial score (nSPS) is 32.0. The molecule has 3 fully saturated rings. The van der Waals surface area contributed by atoms with Crippen molar-refractivity contribution in [3.63, 3.8) is 0 Å². The van der Waals surface area contributed by atoms with Crippen LogP contribution < -0.4 is 10.6 Å². The number of nitrogens with one attached hydrogen (secondary N) is 3. The Morgan fingerprint density at radius 1 is 1.31 bits per heavy atom. The van der Waals surface area contributed by atoms with Crippen molar-refractivity contribution in [2.24, 2.45) is 0 Å². The van der Waals surface area contributed by atoms with Crippen molar-refractivity contribution < 1.29 is 4.74 Å². The third-order valence-electron chi connectivity index (χ3n) is 6.46. The Bertz CT molecular complexity index is 653. The van der Waals surface area contributed by atoms with E-state index in [0.717, 1.165) is 44.7 Å². The van der Waals surface area contributed by atoms with Gasteiger partial charge in [0.2, 0.25) is 0 Å². The van der Waals surface area contributed by atoms with Crippen LogP contribution in [0.15, 0.2) is 36.2 Å². The molecule has 5 nitrogen and oxygen atoms in total. The van der Waals surface area contributed by atoms with Gasteiger partial charge in [0.25, 0.3) is 0 Å². The zero-order valence-electron chi connectivity index (χ0n) is 15.5. The SMILES string of the molecule is N=C/C=C1\NCC[C@@H]1NCC1(c2ccccn2)CCOC2(CCCC2)C1. The van der Waals surface area contributed by atoms with Gasteiger partial charge in [-0.1, -0.05) is 18.9 Å². The van der Waals surface area contributed by atoms with Crippen molar-refractivity contribution in [2.75, 3.05) is 19.7 Å². The molecule has 26 heavy (non-hydrogen) atoms. The van der Waals surface area contributed by atoms with Crippen molar-refractivity contribution in [2.45, 2.75) is 62.0 Å². The molecule has 0 aromatic carbocycles. The first-order chi connectivity index (χ1) is 12.8. The second-order valence-corrected chi connectivity index (χ2v) is 8.10. The van der Waals surface area contributed by atoms with E-state index in [9.17, 15) is 0 Å². The number of pyridine rings is 1. The zero-order valence-corrected chi connectivity index (χ0v) is 15.5. The summed E-state index contributed by atoms with van der Waals surface area (Å²) in [4.78, 5) is 4.77. The van der Waals surface area contributed by atoms with Gasteiger partial charge in [-0.25, -0.2) is 0 Å². The predicted octanol–water partition coefficient (Wildman–Crippen LogP) is 2.93. The zero-order chi connectivity index (χ0) is 17.9. The van der Waals surface area contributed by atoms with Gasteiger partial charge in [-0.2, -0.15) is 0 Å². The van der Waals surface area contributed by atoms with E-state index in [1.807, 2.05) is 18.3 Å². The third-order valence-corrected chi connectivity index (χ3v) is 6.46. The van der Waals surface area contributed by atoms with Gasteiger partial charge in [-0.3, -0.25) is 4.98 Å². The summed E-state index contributed by atoms with van der Waals surface area (Å²) < 4.78 is 6.33. The molecular weight excluding hydrogens is 324 g/mol. The topological polar surface area (TPSA) is 70.0 Å². The third kappa shape index (κ3) is 3.42. The molecule has 1 spiro atoms. The second kappa shape index (κ2) is 7.49. The molecule has 1 unspecified atom stereocenters. The molecule has 3 aliphatic rings. The highest BCUT2D eigenvalue weighted by atomic mass is 16.5. The second-order valence-electron chi connectivity index (χ2n) is 8.10. The molecule has 1 aromatic rings. The van der Waals surface area contributed by atoms with Gasteiger partial charge in [0.05, 0.1) is 5.60 Å². The number of hydrogen-bond donors (Lipinski definition) is 3. The smallest absolute Gasteiger partial charge is 0.0692 e. The lowest BCUT2D eigenvalue weighted by Gasteiger charge is -2.46. The summed E-state index contributed by atoms with van der Waals surface area (Å²) in [5.41, 5.74) is 2.42. The maximum atomic E-state index is 7.37. The number of allylic oxidation sites excluding steroid dienone is 1. The van der Waals surface area contributed by atoms with Gasteiger partial charge in [-0.05, 0) is 50.3 Å². The molecule has 0 bridgehead atoms. The quantitative estimate of drug-likeness (QED) is 0.711. The van der Waals surface area contributed by atoms with Crippen LogP contribution in [-0.4, -0.2) is 42.5 Å². The monoisotopic (exact) mass is 354 g/mol. The van der Waals surface area contributed by atoms with Crippen LogP contribution in [0.4, 0.5) is 0 Å². The number of rotatable bonds is 5. The molecule has 0 amide bonds. The Hall–Kier alpha value is -1.72. The van der Waals surface area contributed by atoms with Gasteiger partial charge < -0.3 is 20.8 Å². The molecular formula is C21H30N4O. The average molecular weight is 354 g/mol. The van der Waals surface area contributed by atoms with E-state index >= 15 is 0 Å². The lowest BCUT2D eigenvalue weighted by atomic mass is 9.69. The Morgan fingerprint density at radius 2 is 2.19 bits per heavy atom. The largest absolute Gasteiger partial charge is 0.387 e. The Morgan fingerprint density at radius 3 is 2.96 bits per heavy atom. The highest BCUT2D eigenvalue weighted by Crippen LogP contribution is 2.48. The number of nitrogens with zero attached hydrogens (tertiary/aromatic N) is 1. The van der Waals surface area contributed by atoms with Gasteiger partial charge in [0, 0.05) is 55.0 Å². The van der Waals surface area contributed by atoms with E-state index in [1.54, 1.807) is 0 Å². The Kier molecular flexibility index (Phi) is 5.09. The van der Waals surface area contributed by atoms with Crippen LogP contribution in [0.2, 0.25) is 0 Å². The molecule has 1 aromatic heterocycles. The van der Waals surface area contributed by atoms with Crippen LogP contribution in [0.1, 0.15) is 50.6 Å². The van der Waals surface area contributed by atoms with E-state index in [4.69, 9.17) is 15.1 Å². The molecule has 4 rings (SSSR count). The minimum absolute atomic E-state index is 0.0300. The fraction of sp³-hybridized carbons (Fsp3) is 0.619. The van der Waals surface area contributed by atoms with Crippen molar-refractivity contribution in [3.8, 4) is 0 Å². The molecule has 5 heteroatoms. The van der Waals surface area contributed by atoms with Crippen LogP contribution >= 0.6 is 0 Å². The summed E-state index contributed by atoms with van der Waals surface area (Å²) in [5, 5.41) is 14.6. The van der Waals surface area contributed by atoms with Gasteiger partial charge in [0.1, 0.15) is 0 Å². The van der Waals surface area contributed by atoms with E-state index < -0.39 is 0 Å². The van der Waals surface area contributed by atoms with Gasteiger partial charge in [-0.15, -0.1) is 0 Å². The Labute approximate surface area is 156 Å². The average Bonchev–Trinajstić information content (AvgIpc) is 3.31. The first-order valence-corrected chi connectivity index (χ1v) is 9.99. The molecule has 0 radical (unpaired) electrons. The maximum absolute atomic E-state index is 7.37. The molecule has 2 aliphatic heterocycles. The van der Waals surface area contributed by atoms with E-state index in [1.165, 1.54) is 37.6 Å². The molecule has 1 saturated carbocycles.